The van der Waals surface area contributed by atoms with Crippen molar-refractivity contribution in [1.29, 1.82) is 0 Å². The summed E-state index contributed by atoms with van der Waals surface area (Å²) in [7, 11) is 0. The monoisotopic (exact) mass is 277 g/mol. The Morgan fingerprint density at radius 2 is 1.95 bits per heavy atom. The van der Waals surface area contributed by atoms with E-state index in [1.807, 2.05) is 13.0 Å². The predicted octanol–water partition coefficient (Wildman–Crippen LogP) is 1.83. The zero-order chi connectivity index (χ0) is 15.3. The Kier molecular flexibility index (Phi) is 6.17. The van der Waals surface area contributed by atoms with Crippen LogP contribution >= 0.6 is 0 Å². The first kappa shape index (κ1) is 16.7. The number of carbonyl (C=O) groups excluding carboxylic acids is 1. The molecule has 20 heavy (non-hydrogen) atoms. The molecule has 1 aromatic rings. The van der Waals surface area contributed by atoms with Crippen molar-refractivity contribution in [3.05, 3.63) is 35.4 Å². The Labute approximate surface area is 122 Å². The Morgan fingerprint density at radius 1 is 1.30 bits per heavy atom. The molecule has 0 saturated carbocycles. The van der Waals surface area contributed by atoms with Crippen LogP contribution in [0.3, 0.4) is 0 Å². The maximum Gasteiger partial charge on any atom is 0.231 e. The van der Waals surface area contributed by atoms with Crippen molar-refractivity contribution in [1.82, 2.24) is 4.90 Å². The van der Waals surface area contributed by atoms with Crippen molar-refractivity contribution >= 4 is 5.91 Å². The summed E-state index contributed by atoms with van der Waals surface area (Å²) in [5.41, 5.74) is 13.9. The van der Waals surface area contributed by atoms with Gasteiger partial charge in [0.2, 0.25) is 5.91 Å². The van der Waals surface area contributed by atoms with Crippen LogP contribution in [-0.4, -0.2) is 29.9 Å². The molecule has 2 unspecified atom stereocenters. The highest BCUT2D eigenvalue weighted by Crippen LogP contribution is 2.25. The fourth-order valence-corrected chi connectivity index (χ4v) is 2.65. The zero-order valence-corrected chi connectivity index (χ0v) is 13.0. The minimum Gasteiger partial charge on any atom is -0.369 e. The van der Waals surface area contributed by atoms with Crippen LogP contribution < -0.4 is 11.5 Å². The highest BCUT2D eigenvalue weighted by molar-refractivity contribution is 5.76. The molecule has 0 aliphatic heterocycles. The largest absolute Gasteiger partial charge is 0.369 e. The first-order valence-electron chi connectivity index (χ1n) is 7.15. The quantitative estimate of drug-likeness (QED) is 0.798. The number of carbonyl (C=O) groups is 1. The van der Waals surface area contributed by atoms with Crippen LogP contribution in [-0.2, 0) is 4.79 Å². The lowest BCUT2D eigenvalue weighted by molar-refractivity contribution is -0.120. The van der Waals surface area contributed by atoms with E-state index in [9.17, 15) is 4.79 Å². The normalized spacial score (nSPS) is 14.6. The standard InChI is InChI=1S/C16H27N3O/c1-11(2)9-19(10-15(18)20)16(13(4)17)14-7-5-6-12(3)8-14/h5-8,11,13,16H,9-10,17H2,1-4H3,(H2,18,20). The number of amides is 1. The highest BCUT2D eigenvalue weighted by Gasteiger charge is 2.25. The van der Waals surface area contributed by atoms with Crippen LogP contribution in [0.4, 0.5) is 0 Å². The van der Waals surface area contributed by atoms with Crippen LogP contribution in [0.15, 0.2) is 24.3 Å². The van der Waals surface area contributed by atoms with E-state index >= 15 is 0 Å². The average Bonchev–Trinajstić information content (AvgIpc) is 2.26. The van der Waals surface area contributed by atoms with E-state index in [4.69, 9.17) is 11.5 Å². The molecule has 0 bridgehead atoms. The molecular formula is C16H27N3O. The second-order valence-corrected chi connectivity index (χ2v) is 6.01. The van der Waals surface area contributed by atoms with E-state index < -0.39 is 0 Å². The number of nitrogens with zero attached hydrogens (tertiary/aromatic N) is 1. The summed E-state index contributed by atoms with van der Waals surface area (Å²) in [4.78, 5) is 13.4. The molecule has 1 rings (SSSR count). The van der Waals surface area contributed by atoms with Gasteiger partial charge in [0.1, 0.15) is 0 Å². The third-order valence-electron chi connectivity index (χ3n) is 3.23. The van der Waals surface area contributed by atoms with Crippen molar-refractivity contribution in [2.24, 2.45) is 17.4 Å². The molecule has 0 heterocycles. The smallest absolute Gasteiger partial charge is 0.231 e. The first-order valence-corrected chi connectivity index (χ1v) is 7.15. The van der Waals surface area contributed by atoms with Gasteiger partial charge in [0.25, 0.3) is 0 Å². The van der Waals surface area contributed by atoms with Gasteiger partial charge in [-0.2, -0.15) is 0 Å². The topological polar surface area (TPSA) is 72.3 Å². The van der Waals surface area contributed by atoms with E-state index in [2.05, 4.69) is 43.9 Å². The number of benzene rings is 1. The van der Waals surface area contributed by atoms with Gasteiger partial charge >= 0.3 is 0 Å². The van der Waals surface area contributed by atoms with Gasteiger partial charge in [0.05, 0.1) is 12.6 Å². The van der Waals surface area contributed by atoms with Crippen LogP contribution in [0.25, 0.3) is 0 Å². The van der Waals surface area contributed by atoms with E-state index in [1.54, 1.807) is 0 Å². The van der Waals surface area contributed by atoms with Crippen LogP contribution in [0.5, 0.6) is 0 Å². The maximum atomic E-state index is 11.4. The minimum absolute atomic E-state index is 0.00444. The SMILES string of the molecule is Cc1cccc(C(C(C)N)N(CC(N)=O)CC(C)C)c1. The number of aryl methyl sites for hydroxylation is 1. The zero-order valence-electron chi connectivity index (χ0n) is 13.0. The molecule has 0 spiro atoms. The predicted molar refractivity (Wildman–Crippen MR) is 83.2 cm³/mol. The average molecular weight is 277 g/mol. The molecule has 0 radical (unpaired) electrons. The Balaban J connectivity index is 3.09. The maximum absolute atomic E-state index is 11.4. The summed E-state index contributed by atoms with van der Waals surface area (Å²) >= 11 is 0. The molecule has 1 aromatic carbocycles. The van der Waals surface area contributed by atoms with Crippen LogP contribution in [0, 0.1) is 12.8 Å². The van der Waals surface area contributed by atoms with E-state index in [-0.39, 0.29) is 24.5 Å². The molecule has 112 valence electrons. The number of hydrogen-bond donors (Lipinski definition) is 2. The molecule has 2 atom stereocenters. The van der Waals surface area contributed by atoms with Crippen molar-refractivity contribution in [3.8, 4) is 0 Å². The molecule has 0 aromatic heterocycles. The summed E-state index contributed by atoms with van der Waals surface area (Å²) in [5.74, 6) is 0.129. The molecule has 0 fully saturated rings. The summed E-state index contributed by atoms with van der Waals surface area (Å²) in [5, 5.41) is 0. The number of nitrogens with two attached hydrogens (primary N) is 2. The van der Waals surface area contributed by atoms with Gasteiger partial charge in [-0.15, -0.1) is 0 Å². The fourth-order valence-electron chi connectivity index (χ4n) is 2.65. The van der Waals surface area contributed by atoms with Gasteiger partial charge in [0.15, 0.2) is 0 Å². The van der Waals surface area contributed by atoms with Crippen molar-refractivity contribution in [3.63, 3.8) is 0 Å². The molecule has 4 nitrogen and oxygen atoms in total. The van der Waals surface area contributed by atoms with Crippen LogP contribution in [0.2, 0.25) is 0 Å². The summed E-state index contributed by atoms with van der Waals surface area (Å²) in [6.07, 6.45) is 0. The molecule has 0 saturated heterocycles. The number of hydrogen-bond acceptors (Lipinski definition) is 3. The van der Waals surface area contributed by atoms with Gasteiger partial charge in [0, 0.05) is 12.6 Å². The molecule has 4 heteroatoms. The van der Waals surface area contributed by atoms with E-state index in [1.165, 1.54) is 5.56 Å². The summed E-state index contributed by atoms with van der Waals surface area (Å²) in [6, 6.07) is 8.21. The van der Waals surface area contributed by atoms with Gasteiger partial charge in [-0.1, -0.05) is 43.7 Å². The lowest BCUT2D eigenvalue weighted by Gasteiger charge is -2.35. The van der Waals surface area contributed by atoms with E-state index in [0.29, 0.717) is 5.92 Å². The second-order valence-electron chi connectivity index (χ2n) is 6.01. The summed E-state index contributed by atoms with van der Waals surface area (Å²) in [6.45, 7) is 9.32. The first-order chi connectivity index (χ1) is 9.31. The molecular weight excluding hydrogens is 250 g/mol. The van der Waals surface area contributed by atoms with Crippen LogP contribution in [0.1, 0.15) is 37.9 Å². The Hall–Kier alpha value is -1.39. The Bertz CT molecular complexity index is 443. The van der Waals surface area contributed by atoms with Gasteiger partial charge in [-0.25, -0.2) is 0 Å². The third kappa shape index (κ3) is 4.94. The number of primary amides is 1. The summed E-state index contributed by atoms with van der Waals surface area (Å²) < 4.78 is 0. The lowest BCUT2D eigenvalue weighted by atomic mass is 9.96. The van der Waals surface area contributed by atoms with Crippen molar-refractivity contribution in [2.75, 3.05) is 13.1 Å². The molecule has 0 aliphatic carbocycles. The minimum atomic E-state index is -0.316. The molecule has 1 amide bonds. The molecule has 0 aliphatic rings. The Morgan fingerprint density at radius 3 is 2.40 bits per heavy atom. The second kappa shape index (κ2) is 7.41. The number of rotatable bonds is 7. The van der Waals surface area contributed by atoms with Crippen molar-refractivity contribution < 1.29 is 4.79 Å². The molecule has 4 N–H and O–H groups in total. The fraction of sp³-hybridized carbons (Fsp3) is 0.562. The third-order valence-corrected chi connectivity index (χ3v) is 3.23. The van der Waals surface area contributed by atoms with Gasteiger partial charge in [-0.05, 0) is 25.3 Å². The van der Waals surface area contributed by atoms with Crippen molar-refractivity contribution in [2.45, 2.75) is 39.8 Å². The highest BCUT2D eigenvalue weighted by atomic mass is 16.1. The van der Waals surface area contributed by atoms with Gasteiger partial charge in [-0.3, -0.25) is 9.69 Å². The van der Waals surface area contributed by atoms with E-state index in [0.717, 1.165) is 12.1 Å². The van der Waals surface area contributed by atoms with Gasteiger partial charge < -0.3 is 11.5 Å². The lowest BCUT2D eigenvalue weighted by Crippen LogP contribution is -2.45.